The average Bonchev–Trinajstić information content (AvgIpc) is 2.12. The summed E-state index contributed by atoms with van der Waals surface area (Å²) in [7, 11) is 0. The Kier molecular flexibility index (Phi) is 2.04. The number of phenolic OH excluding ortho intramolecular Hbond substituents is 1. The molecule has 1 aromatic rings. The van der Waals surface area contributed by atoms with Gasteiger partial charge in [0.2, 0.25) is 0 Å². The number of Topliss-reactive ketones (excluding diaryl/α,β-unsaturated/α-hetero) is 1. The molecule has 0 spiro atoms. The predicted octanol–water partition coefficient (Wildman–Crippen LogP) is 2.32. The van der Waals surface area contributed by atoms with E-state index in [0.717, 1.165) is 10.6 Å². The number of rotatable bonds is 0. The van der Waals surface area contributed by atoms with Crippen LogP contribution in [0.2, 0.25) is 0 Å². The molecule has 1 atom stereocenters. The molecule has 2 rings (SSSR count). The van der Waals surface area contributed by atoms with Gasteiger partial charge in [0.15, 0.2) is 5.78 Å². The third kappa shape index (κ3) is 1.44. The molecule has 1 unspecified atom stereocenters. The zero-order valence-electron chi connectivity index (χ0n) is 7.28. The Labute approximate surface area is 81.0 Å². The van der Waals surface area contributed by atoms with Crippen molar-refractivity contribution >= 4 is 17.5 Å². The fraction of sp³-hybridized carbons (Fsp3) is 0.300. The second kappa shape index (κ2) is 3.07. The van der Waals surface area contributed by atoms with Crippen molar-refractivity contribution in [2.24, 2.45) is 5.92 Å². The molecule has 0 fully saturated rings. The molecule has 0 aromatic heterocycles. The maximum absolute atomic E-state index is 11.6. The van der Waals surface area contributed by atoms with Crippen LogP contribution in [0.4, 0.5) is 0 Å². The fourth-order valence-electron chi connectivity index (χ4n) is 1.39. The molecule has 68 valence electrons. The largest absolute Gasteiger partial charge is 0.508 e. The second-order valence-corrected chi connectivity index (χ2v) is 4.32. The van der Waals surface area contributed by atoms with Crippen LogP contribution in [0.15, 0.2) is 23.1 Å². The van der Waals surface area contributed by atoms with E-state index in [9.17, 15) is 9.90 Å². The van der Waals surface area contributed by atoms with E-state index in [1.807, 2.05) is 6.92 Å². The van der Waals surface area contributed by atoms with Gasteiger partial charge in [-0.25, -0.2) is 0 Å². The van der Waals surface area contributed by atoms with Gasteiger partial charge in [-0.05, 0) is 18.2 Å². The Balaban J connectivity index is 2.51. The molecule has 0 aliphatic carbocycles. The lowest BCUT2D eigenvalue weighted by Gasteiger charge is -2.19. The Hall–Kier alpha value is -0.960. The van der Waals surface area contributed by atoms with Gasteiger partial charge in [0, 0.05) is 22.1 Å². The lowest BCUT2D eigenvalue weighted by Crippen LogP contribution is -2.18. The highest BCUT2D eigenvalue weighted by atomic mass is 32.2. The minimum absolute atomic E-state index is 0.0688. The van der Waals surface area contributed by atoms with Crippen LogP contribution in [0, 0.1) is 5.92 Å². The smallest absolute Gasteiger partial charge is 0.167 e. The minimum atomic E-state index is 0.0688. The normalized spacial score (nSPS) is 21.3. The number of thioether (sulfide) groups is 1. The van der Waals surface area contributed by atoms with E-state index in [-0.39, 0.29) is 17.5 Å². The van der Waals surface area contributed by atoms with E-state index < -0.39 is 0 Å². The first-order chi connectivity index (χ1) is 6.18. The molecular formula is C10H10O2S. The molecule has 0 amide bonds. The summed E-state index contributed by atoms with van der Waals surface area (Å²) in [6, 6.07) is 4.98. The molecule has 1 aliphatic rings. The fourth-order valence-corrected chi connectivity index (χ4v) is 2.45. The highest BCUT2D eigenvalue weighted by Gasteiger charge is 2.24. The highest BCUT2D eigenvalue weighted by molar-refractivity contribution is 7.99. The first-order valence-electron chi connectivity index (χ1n) is 4.18. The summed E-state index contributed by atoms with van der Waals surface area (Å²) in [4.78, 5) is 12.6. The van der Waals surface area contributed by atoms with Crippen molar-refractivity contribution in [1.29, 1.82) is 0 Å². The first kappa shape index (κ1) is 8.63. The van der Waals surface area contributed by atoms with Crippen molar-refractivity contribution in [2.45, 2.75) is 11.8 Å². The molecule has 0 saturated carbocycles. The highest BCUT2D eigenvalue weighted by Crippen LogP contribution is 2.34. The SMILES string of the molecule is CC1CSc2ccc(O)cc2C1=O. The van der Waals surface area contributed by atoms with E-state index in [0.29, 0.717) is 5.56 Å². The van der Waals surface area contributed by atoms with Gasteiger partial charge in [0.05, 0.1) is 0 Å². The molecule has 0 saturated heterocycles. The molecule has 0 radical (unpaired) electrons. The lowest BCUT2D eigenvalue weighted by atomic mass is 10.0. The number of carbonyl (C=O) groups excluding carboxylic acids is 1. The minimum Gasteiger partial charge on any atom is -0.508 e. The van der Waals surface area contributed by atoms with Crippen LogP contribution in [-0.2, 0) is 0 Å². The van der Waals surface area contributed by atoms with Crippen LogP contribution < -0.4 is 0 Å². The number of hydrogen-bond donors (Lipinski definition) is 1. The quantitative estimate of drug-likeness (QED) is 0.688. The maximum atomic E-state index is 11.6. The number of benzene rings is 1. The third-order valence-electron chi connectivity index (χ3n) is 2.17. The predicted molar refractivity (Wildman–Crippen MR) is 52.3 cm³/mol. The third-order valence-corrected chi connectivity index (χ3v) is 3.50. The van der Waals surface area contributed by atoms with Crippen molar-refractivity contribution in [1.82, 2.24) is 0 Å². The summed E-state index contributed by atoms with van der Waals surface area (Å²) in [5.41, 5.74) is 0.670. The average molecular weight is 194 g/mol. The molecule has 1 aliphatic heterocycles. The lowest BCUT2D eigenvalue weighted by molar-refractivity contribution is 0.0936. The maximum Gasteiger partial charge on any atom is 0.167 e. The Bertz CT molecular complexity index is 360. The van der Waals surface area contributed by atoms with E-state index in [1.54, 1.807) is 30.0 Å². The molecule has 1 N–H and O–H groups in total. The second-order valence-electron chi connectivity index (χ2n) is 3.26. The molecule has 1 aromatic carbocycles. The van der Waals surface area contributed by atoms with Gasteiger partial charge < -0.3 is 5.11 Å². The summed E-state index contributed by atoms with van der Waals surface area (Å²) in [6.45, 7) is 1.92. The number of aromatic hydroxyl groups is 1. The van der Waals surface area contributed by atoms with Gasteiger partial charge in [-0.2, -0.15) is 0 Å². The molecule has 0 bridgehead atoms. The van der Waals surface area contributed by atoms with Gasteiger partial charge in [-0.15, -0.1) is 11.8 Å². The number of fused-ring (bicyclic) bond motifs is 1. The number of ketones is 1. The van der Waals surface area contributed by atoms with Crippen LogP contribution >= 0.6 is 11.8 Å². The molecule has 13 heavy (non-hydrogen) atoms. The zero-order valence-corrected chi connectivity index (χ0v) is 8.10. The number of hydrogen-bond acceptors (Lipinski definition) is 3. The van der Waals surface area contributed by atoms with Crippen molar-refractivity contribution in [3.05, 3.63) is 23.8 Å². The van der Waals surface area contributed by atoms with Gasteiger partial charge in [0.25, 0.3) is 0 Å². The van der Waals surface area contributed by atoms with Crippen LogP contribution in [0.1, 0.15) is 17.3 Å². The van der Waals surface area contributed by atoms with Crippen molar-refractivity contribution in [3.8, 4) is 5.75 Å². The summed E-state index contributed by atoms with van der Waals surface area (Å²) in [5.74, 6) is 1.22. The molecule has 3 heteroatoms. The molecule has 2 nitrogen and oxygen atoms in total. The van der Waals surface area contributed by atoms with Crippen LogP contribution in [0.25, 0.3) is 0 Å². The Morgan fingerprint density at radius 1 is 1.54 bits per heavy atom. The van der Waals surface area contributed by atoms with E-state index >= 15 is 0 Å². The van der Waals surface area contributed by atoms with Crippen LogP contribution in [-0.4, -0.2) is 16.6 Å². The van der Waals surface area contributed by atoms with Crippen molar-refractivity contribution < 1.29 is 9.90 Å². The van der Waals surface area contributed by atoms with Gasteiger partial charge in [-0.3, -0.25) is 4.79 Å². The summed E-state index contributed by atoms with van der Waals surface area (Å²) >= 11 is 1.68. The molecular weight excluding hydrogens is 184 g/mol. The Morgan fingerprint density at radius 3 is 3.08 bits per heavy atom. The van der Waals surface area contributed by atoms with Crippen LogP contribution in [0.5, 0.6) is 5.75 Å². The van der Waals surface area contributed by atoms with E-state index in [2.05, 4.69) is 0 Å². The number of carbonyl (C=O) groups is 1. The van der Waals surface area contributed by atoms with E-state index in [4.69, 9.17) is 0 Å². The summed E-state index contributed by atoms with van der Waals surface area (Å²) in [6.07, 6.45) is 0. The standard InChI is InChI=1S/C10H10O2S/c1-6-5-13-9-3-2-7(11)4-8(9)10(6)12/h2-4,6,11H,5H2,1H3. The first-order valence-corrected chi connectivity index (χ1v) is 5.17. The summed E-state index contributed by atoms with van der Waals surface area (Å²) < 4.78 is 0. The monoisotopic (exact) mass is 194 g/mol. The zero-order chi connectivity index (χ0) is 9.42. The van der Waals surface area contributed by atoms with Crippen molar-refractivity contribution in [3.63, 3.8) is 0 Å². The van der Waals surface area contributed by atoms with Gasteiger partial charge in [0.1, 0.15) is 5.75 Å². The molecule has 1 heterocycles. The van der Waals surface area contributed by atoms with Crippen LogP contribution in [0.3, 0.4) is 0 Å². The summed E-state index contributed by atoms with van der Waals surface area (Å²) in [5, 5.41) is 9.23. The Morgan fingerprint density at radius 2 is 2.31 bits per heavy atom. The van der Waals surface area contributed by atoms with Gasteiger partial charge in [-0.1, -0.05) is 6.92 Å². The van der Waals surface area contributed by atoms with Crippen molar-refractivity contribution in [2.75, 3.05) is 5.75 Å². The number of phenols is 1. The topological polar surface area (TPSA) is 37.3 Å². The van der Waals surface area contributed by atoms with Gasteiger partial charge >= 0.3 is 0 Å². The van der Waals surface area contributed by atoms with E-state index in [1.165, 1.54) is 0 Å².